The number of aliphatic hydroxyl groups is 3. The number of nitrogens with zero attached hydrogens (tertiary/aromatic N) is 4. The van der Waals surface area contributed by atoms with Gasteiger partial charge in [-0.1, -0.05) is 0 Å². The molecule has 0 radical (unpaired) electrons. The van der Waals surface area contributed by atoms with E-state index in [2.05, 4.69) is 0 Å². The lowest BCUT2D eigenvalue weighted by Gasteiger charge is -2.36. The first-order valence-electron chi connectivity index (χ1n) is 9.84. The summed E-state index contributed by atoms with van der Waals surface area (Å²) >= 11 is 0. The first kappa shape index (κ1) is 26.6. The maximum Gasteiger partial charge on any atom is 0.323 e. The Balaban J connectivity index is 3.14. The largest absolute Gasteiger partial charge is 0.480 e. The van der Waals surface area contributed by atoms with Crippen molar-refractivity contribution in [1.29, 1.82) is 0 Å². The van der Waals surface area contributed by atoms with Crippen LogP contribution in [-0.4, -0.2) is 152 Å². The van der Waals surface area contributed by atoms with Crippen LogP contribution in [-0.2, 0) is 14.4 Å². The third-order valence-corrected chi connectivity index (χ3v) is 4.89. The first-order valence-corrected chi connectivity index (χ1v) is 9.84. The average molecular weight is 448 g/mol. The van der Waals surface area contributed by atoms with E-state index in [1.54, 1.807) is 9.80 Å². The van der Waals surface area contributed by atoms with Crippen molar-refractivity contribution in [3.63, 3.8) is 0 Å². The molecule has 0 spiro atoms. The smallest absolute Gasteiger partial charge is 0.323 e. The summed E-state index contributed by atoms with van der Waals surface area (Å²) < 4.78 is 0. The maximum atomic E-state index is 11.2. The number of aliphatic hydroxyl groups excluding tert-OH is 3. The van der Waals surface area contributed by atoms with Crippen LogP contribution in [0.5, 0.6) is 0 Å². The molecule has 1 aliphatic heterocycles. The lowest BCUT2D eigenvalue weighted by Crippen LogP contribution is -2.53. The third-order valence-electron chi connectivity index (χ3n) is 4.89. The lowest BCUT2D eigenvalue weighted by atomic mass is 10.1. The molecule has 6 N–H and O–H groups in total. The summed E-state index contributed by atoms with van der Waals surface area (Å²) in [5.41, 5.74) is 0. The van der Waals surface area contributed by atoms with Crippen molar-refractivity contribution < 1.29 is 45.0 Å². The Hall–Kier alpha value is -2.45. The molecule has 2 atom stereocenters. The Kier molecular flexibility index (Phi) is 11.8. The summed E-state index contributed by atoms with van der Waals surface area (Å²) in [4.78, 5) is 39.8. The van der Waals surface area contributed by atoms with Crippen molar-refractivity contribution in [3.8, 4) is 0 Å². The van der Waals surface area contributed by atoms with E-state index >= 15 is 0 Å². The molecule has 0 amide bonds. The van der Waals surface area contributed by atoms with Crippen molar-refractivity contribution in [2.45, 2.75) is 12.1 Å². The van der Waals surface area contributed by atoms with Crippen LogP contribution >= 0.6 is 0 Å². The van der Waals surface area contributed by atoms with Crippen LogP contribution < -0.4 is 0 Å². The molecule has 0 unspecified atom stereocenters. The molecule has 13 heteroatoms. The summed E-state index contributed by atoms with van der Waals surface area (Å²) in [6, 6.07) is -0.821. The fourth-order valence-corrected chi connectivity index (χ4v) is 3.25. The Bertz CT molecular complexity index is 619. The lowest BCUT2D eigenvalue weighted by molar-refractivity contribution is -0.139. The second-order valence-corrected chi connectivity index (χ2v) is 7.23. The minimum Gasteiger partial charge on any atom is -0.480 e. The highest BCUT2D eigenvalue weighted by molar-refractivity contribution is 5.70. The Labute approximate surface area is 180 Å². The normalized spacial score (nSPS) is 20.4. The van der Waals surface area contributed by atoms with Gasteiger partial charge in [-0.2, -0.15) is 0 Å². The third kappa shape index (κ3) is 10.4. The molecule has 31 heavy (non-hydrogen) atoms. The number of carbonyl (C=O) groups is 3. The number of aliphatic carboxylic acids is 3. The van der Waals surface area contributed by atoms with Crippen molar-refractivity contribution >= 4 is 17.9 Å². The molecule has 0 aromatic heterocycles. The summed E-state index contributed by atoms with van der Waals surface area (Å²) in [7, 11) is 0. The Morgan fingerprint density at radius 1 is 0.710 bits per heavy atom. The number of hydrogen-bond donors (Lipinski definition) is 6. The van der Waals surface area contributed by atoms with Gasteiger partial charge >= 0.3 is 17.9 Å². The van der Waals surface area contributed by atoms with E-state index in [-0.39, 0.29) is 58.9 Å². The second-order valence-electron chi connectivity index (χ2n) is 7.23. The molecule has 0 fully saturated rings. The van der Waals surface area contributed by atoms with Crippen LogP contribution in [0.1, 0.15) is 0 Å². The average Bonchev–Trinajstić information content (AvgIpc) is 2.68. The van der Waals surface area contributed by atoms with Crippen molar-refractivity contribution in [2.24, 2.45) is 0 Å². The van der Waals surface area contributed by atoms with E-state index < -0.39 is 43.3 Å². The summed E-state index contributed by atoms with van der Waals surface area (Å²) in [6.45, 7) is -0.715. The maximum absolute atomic E-state index is 11.2. The van der Waals surface area contributed by atoms with Crippen LogP contribution in [0.25, 0.3) is 0 Å². The number of hydrogen-bond acceptors (Lipinski definition) is 10. The molecule has 178 valence electrons. The fourth-order valence-electron chi connectivity index (χ4n) is 3.25. The van der Waals surface area contributed by atoms with Gasteiger partial charge in [0.1, 0.15) is 13.1 Å². The van der Waals surface area contributed by atoms with Gasteiger partial charge in [-0.3, -0.25) is 24.2 Å². The highest BCUT2D eigenvalue weighted by Crippen LogP contribution is 2.08. The van der Waals surface area contributed by atoms with Crippen LogP contribution in [0.2, 0.25) is 0 Å². The van der Waals surface area contributed by atoms with Gasteiger partial charge in [-0.25, -0.2) is 0 Å². The molecule has 0 bridgehead atoms. The highest BCUT2D eigenvalue weighted by Gasteiger charge is 2.26. The van der Waals surface area contributed by atoms with E-state index in [0.29, 0.717) is 0 Å². The van der Waals surface area contributed by atoms with Gasteiger partial charge in [-0.15, -0.1) is 0 Å². The van der Waals surface area contributed by atoms with E-state index in [1.165, 1.54) is 22.2 Å². The zero-order valence-corrected chi connectivity index (χ0v) is 17.3. The Morgan fingerprint density at radius 2 is 1.16 bits per heavy atom. The second kappa shape index (κ2) is 13.8. The van der Waals surface area contributed by atoms with Gasteiger partial charge in [-0.05, 0) is 0 Å². The van der Waals surface area contributed by atoms with E-state index in [9.17, 15) is 34.8 Å². The molecule has 1 heterocycles. The Morgan fingerprint density at radius 3 is 1.61 bits per heavy atom. The van der Waals surface area contributed by atoms with Gasteiger partial charge < -0.3 is 40.4 Å². The van der Waals surface area contributed by atoms with E-state index in [0.717, 1.165) is 0 Å². The fraction of sp³-hybridized carbons (Fsp3) is 0.722. The molecular formula is C18H32N4O9. The zero-order chi connectivity index (χ0) is 23.4. The van der Waals surface area contributed by atoms with Crippen molar-refractivity contribution in [1.82, 2.24) is 19.6 Å². The summed E-state index contributed by atoms with van der Waals surface area (Å²) in [5.74, 6) is -3.23. The monoisotopic (exact) mass is 448 g/mol. The van der Waals surface area contributed by atoms with Gasteiger partial charge in [0.2, 0.25) is 0 Å². The molecule has 1 rings (SSSR count). The number of carboxylic acids is 3. The topological polar surface area (TPSA) is 186 Å². The minimum atomic E-state index is -1.24. The molecular weight excluding hydrogens is 416 g/mol. The first-order chi connectivity index (χ1) is 14.7. The highest BCUT2D eigenvalue weighted by atomic mass is 16.4. The zero-order valence-electron chi connectivity index (χ0n) is 17.3. The van der Waals surface area contributed by atoms with Crippen LogP contribution in [0.15, 0.2) is 12.4 Å². The standard InChI is InChI=1S/C18H32N4O9/c23-12-14(15(25)13-24)22-7-5-20(10-17(28)29)3-1-19(9-16(26)27)2-4-21(6-8-22)11-18(30)31/h1,3,14-15,23-25H,2,4-13H2,(H,26,27)(H,28,29)(H,30,31)/b3-1-/t14-,15-/m1/s1. The summed E-state index contributed by atoms with van der Waals surface area (Å²) in [6.07, 6.45) is 1.67. The quantitative estimate of drug-likeness (QED) is 0.195. The van der Waals surface area contributed by atoms with Crippen molar-refractivity contribution in [3.05, 3.63) is 12.4 Å². The van der Waals surface area contributed by atoms with Gasteiger partial charge in [0.05, 0.1) is 31.9 Å². The molecule has 0 saturated heterocycles. The van der Waals surface area contributed by atoms with Crippen LogP contribution in [0.3, 0.4) is 0 Å². The molecule has 0 aliphatic carbocycles. The SMILES string of the molecule is O=C(O)CN1/C=C\N(CC(=O)O)CCN([C@H](CO)[C@H](O)CO)CCN(CC(=O)O)CC1. The molecule has 0 saturated carbocycles. The van der Waals surface area contributed by atoms with Crippen LogP contribution in [0.4, 0.5) is 0 Å². The van der Waals surface area contributed by atoms with E-state index in [4.69, 9.17) is 10.2 Å². The van der Waals surface area contributed by atoms with Gasteiger partial charge in [0.25, 0.3) is 0 Å². The predicted octanol–water partition coefficient (Wildman–Crippen LogP) is -3.35. The molecule has 0 aromatic rings. The van der Waals surface area contributed by atoms with Crippen molar-refractivity contribution in [2.75, 3.05) is 72.1 Å². The molecule has 1 aliphatic rings. The van der Waals surface area contributed by atoms with Gasteiger partial charge in [0, 0.05) is 51.7 Å². The van der Waals surface area contributed by atoms with E-state index in [1.807, 2.05) is 0 Å². The molecule has 0 aromatic carbocycles. The summed E-state index contributed by atoms with van der Waals surface area (Å²) in [5, 5.41) is 56.5. The minimum absolute atomic E-state index is 0.178. The number of rotatable bonds is 10. The molecule has 13 nitrogen and oxygen atoms in total. The van der Waals surface area contributed by atoms with Crippen LogP contribution in [0, 0.1) is 0 Å². The number of carboxylic acid groups (broad SMARTS) is 3. The predicted molar refractivity (Wildman–Crippen MR) is 107 cm³/mol. The van der Waals surface area contributed by atoms with Gasteiger partial charge in [0.15, 0.2) is 0 Å².